The molecule has 0 amide bonds. The Morgan fingerprint density at radius 1 is 0.371 bits per heavy atom. The molecule has 0 bridgehead atoms. The van der Waals surface area contributed by atoms with E-state index in [0.717, 1.165) is 73.1 Å². The van der Waals surface area contributed by atoms with Gasteiger partial charge in [0.25, 0.3) is 0 Å². The second-order valence-corrected chi connectivity index (χ2v) is 15.7. The molecule has 0 aliphatic rings. The molecule has 290 valence electrons. The first-order valence-corrected chi connectivity index (χ1v) is 20.9. The van der Waals surface area contributed by atoms with Crippen molar-refractivity contribution in [1.29, 1.82) is 0 Å². The second-order valence-electron chi connectivity index (χ2n) is 15.7. The molecule has 0 saturated carbocycles. The first-order valence-electron chi connectivity index (χ1n) is 20.9. The van der Waals surface area contributed by atoms with Gasteiger partial charge in [0.05, 0.1) is 34.0 Å². The zero-order valence-corrected chi connectivity index (χ0v) is 33.6. The van der Waals surface area contributed by atoms with Crippen LogP contribution in [-0.2, 0) is 0 Å². The fourth-order valence-electron chi connectivity index (χ4n) is 9.16. The number of fused-ring (bicyclic) bond motifs is 5. The summed E-state index contributed by atoms with van der Waals surface area (Å²) in [5.41, 5.74) is 16.1. The zero-order chi connectivity index (χ0) is 41.0. The minimum atomic E-state index is 0.920. The molecule has 12 aromatic rings. The number of imidazole rings is 1. The smallest absolute Gasteiger partial charge is 0.137 e. The van der Waals surface area contributed by atoms with Crippen LogP contribution in [0.4, 0.5) is 0 Å². The summed E-state index contributed by atoms with van der Waals surface area (Å²) >= 11 is 0. The van der Waals surface area contributed by atoms with Crippen LogP contribution >= 0.6 is 0 Å². The predicted octanol–water partition coefficient (Wildman–Crippen LogP) is 14.4. The van der Waals surface area contributed by atoms with E-state index in [1.807, 2.05) is 36.7 Å². The van der Waals surface area contributed by atoms with E-state index in [2.05, 4.69) is 202 Å². The summed E-state index contributed by atoms with van der Waals surface area (Å²) in [6.07, 6.45) is 5.72. The molecule has 0 radical (unpaired) electrons. The number of pyridine rings is 3. The van der Waals surface area contributed by atoms with Crippen LogP contribution in [0.3, 0.4) is 0 Å². The highest BCUT2D eigenvalue weighted by atomic mass is 15.0. The van der Waals surface area contributed by atoms with Gasteiger partial charge in [-0.2, -0.15) is 0 Å². The van der Waals surface area contributed by atoms with Crippen LogP contribution in [0.25, 0.3) is 111 Å². The third-order valence-electron chi connectivity index (χ3n) is 12.0. The lowest BCUT2D eigenvalue weighted by atomic mass is 9.94. The molecule has 0 aliphatic carbocycles. The molecule has 7 aromatic carbocycles. The molecule has 5 nitrogen and oxygen atoms in total. The Bertz CT molecular complexity index is 3590. The highest BCUT2D eigenvalue weighted by Gasteiger charge is 2.23. The van der Waals surface area contributed by atoms with Crippen LogP contribution in [0.2, 0.25) is 0 Å². The van der Waals surface area contributed by atoms with Crippen molar-refractivity contribution in [1.82, 2.24) is 23.9 Å². The second kappa shape index (κ2) is 14.7. The van der Waals surface area contributed by atoms with Crippen molar-refractivity contribution >= 4 is 38.1 Å². The van der Waals surface area contributed by atoms with E-state index in [1.54, 1.807) is 0 Å². The molecule has 0 fully saturated rings. The van der Waals surface area contributed by atoms with E-state index in [4.69, 9.17) is 9.97 Å². The summed E-state index contributed by atoms with van der Waals surface area (Å²) in [6, 6.07) is 73.6. The molecule has 5 heteroatoms. The molecule has 0 saturated heterocycles. The van der Waals surface area contributed by atoms with Gasteiger partial charge in [-0.25, -0.2) is 9.97 Å². The van der Waals surface area contributed by atoms with Crippen molar-refractivity contribution in [3.05, 3.63) is 225 Å². The van der Waals surface area contributed by atoms with Crippen molar-refractivity contribution in [2.45, 2.75) is 0 Å². The predicted molar refractivity (Wildman–Crippen MR) is 255 cm³/mol. The van der Waals surface area contributed by atoms with Gasteiger partial charge in [0.1, 0.15) is 5.65 Å². The lowest BCUT2D eigenvalue weighted by Gasteiger charge is -2.15. The summed E-state index contributed by atoms with van der Waals surface area (Å²) in [7, 11) is 0. The van der Waals surface area contributed by atoms with Gasteiger partial charge < -0.3 is 4.57 Å². The normalized spacial score (nSPS) is 11.5. The number of hydrogen-bond acceptors (Lipinski definition) is 3. The van der Waals surface area contributed by atoms with Gasteiger partial charge in [-0.3, -0.25) is 9.38 Å². The lowest BCUT2D eigenvalue weighted by Crippen LogP contribution is -1.98. The average Bonchev–Trinajstić information content (AvgIpc) is 3.91. The summed E-state index contributed by atoms with van der Waals surface area (Å²) < 4.78 is 4.65. The topological polar surface area (TPSA) is 48.0 Å². The average molecular weight is 792 g/mol. The Balaban J connectivity index is 1.06. The molecule has 0 aliphatic heterocycles. The van der Waals surface area contributed by atoms with Crippen molar-refractivity contribution in [2.75, 3.05) is 0 Å². The first-order chi connectivity index (χ1) is 30.7. The summed E-state index contributed by atoms with van der Waals surface area (Å²) in [4.78, 5) is 14.4. The maximum atomic E-state index is 5.11. The van der Waals surface area contributed by atoms with E-state index in [0.29, 0.717) is 0 Å². The Labute approximate surface area is 358 Å². The van der Waals surface area contributed by atoms with E-state index >= 15 is 0 Å². The van der Waals surface area contributed by atoms with Crippen LogP contribution in [0.1, 0.15) is 0 Å². The van der Waals surface area contributed by atoms with Gasteiger partial charge in [0.15, 0.2) is 0 Å². The lowest BCUT2D eigenvalue weighted by molar-refractivity contribution is 1.13. The van der Waals surface area contributed by atoms with Gasteiger partial charge in [-0.05, 0) is 99.4 Å². The van der Waals surface area contributed by atoms with Gasteiger partial charge in [-0.15, -0.1) is 0 Å². The minimum absolute atomic E-state index is 0.920. The van der Waals surface area contributed by atoms with Crippen LogP contribution in [0.5, 0.6) is 0 Å². The Morgan fingerprint density at radius 3 is 1.74 bits per heavy atom. The van der Waals surface area contributed by atoms with Crippen molar-refractivity contribution in [2.24, 2.45) is 0 Å². The monoisotopic (exact) mass is 791 g/mol. The van der Waals surface area contributed by atoms with Crippen molar-refractivity contribution < 1.29 is 0 Å². The molecule has 5 heterocycles. The molecule has 5 aromatic heterocycles. The molecule has 0 N–H and O–H groups in total. The molecule has 0 unspecified atom stereocenters. The van der Waals surface area contributed by atoms with E-state index < -0.39 is 0 Å². The number of aromatic nitrogens is 5. The van der Waals surface area contributed by atoms with Gasteiger partial charge in [0.2, 0.25) is 0 Å². The van der Waals surface area contributed by atoms with Gasteiger partial charge >= 0.3 is 0 Å². The number of nitrogens with zero attached hydrogens (tertiary/aromatic N) is 5. The zero-order valence-electron chi connectivity index (χ0n) is 33.6. The van der Waals surface area contributed by atoms with Crippen LogP contribution < -0.4 is 0 Å². The van der Waals surface area contributed by atoms with Crippen molar-refractivity contribution in [3.8, 4) is 73.1 Å². The quantitative estimate of drug-likeness (QED) is 0.151. The fourth-order valence-corrected chi connectivity index (χ4v) is 9.16. The Hall–Kier alpha value is -8.41. The molecule has 12 rings (SSSR count). The van der Waals surface area contributed by atoms with E-state index in [1.165, 1.54) is 38.1 Å². The summed E-state index contributed by atoms with van der Waals surface area (Å²) in [6.45, 7) is 0. The maximum Gasteiger partial charge on any atom is 0.137 e. The first kappa shape index (κ1) is 35.5. The molecule has 62 heavy (non-hydrogen) atoms. The van der Waals surface area contributed by atoms with E-state index in [9.17, 15) is 0 Å². The van der Waals surface area contributed by atoms with Crippen LogP contribution in [0.15, 0.2) is 225 Å². The highest BCUT2D eigenvalue weighted by molar-refractivity contribution is 6.17. The number of hydrogen-bond donors (Lipinski definition) is 0. The largest absolute Gasteiger partial charge is 0.309 e. The Morgan fingerprint density at radius 2 is 1.00 bits per heavy atom. The highest BCUT2D eigenvalue weighted by Crippen LogP contribution is 2.45. The fraction of sp³-hybridized carbons (Fsp3) is 0. The molecular weight excluding hydrogens is 755 g/mol. The van der Waals surface area contributed by atoms with Gasteiger partial charge in [-0.1, -0.05) is 140 Å². The minimum Gasteiger partial charge on any atom is -0.309 e. The molecule has 0 spiro atoms. The summed E-state index contributed by atoms with van der Waals surface area (Å²) in [5, 5.41) is 5.97. The summed E-state index contributed by atoms with van der Waals surface area (Å²) in [5.74, 6) is 0. The third-order valence-corrected chi connectivity index (χ3v) is 12.0. The van der Waals surface area contributed by atoms with Gasteiger partial charge in [0, 0.05) is 57.5 Å². The molecular formula is C57H37N5. The maximum absolute atomic E-state index is 5.11. The number of rotatable bonds is 7. The standard InChI is InChI=1S/C57H37N5/c1-4-13-39(14-5-1)54-49-37-48-44(23-22-43-35-45(26-29-47(43)48)51-20-12-19-50(59-51)38-30-32-58-33-31-38)36-52(49)62(56(54)41-17-8-3-9-18-41)46-27-24-42(25-28-46)57-55(40-15-6-2-7-16-40)60-53-21-10-11-34-61(53)57/h1-37H. The Kier molecular flexibility index (Phi) is 8.42. The van der Waals surface area contributed by atoms with E-state index in [-0.39, 0.29) is 0 Å². The van der Waals surface area contributed by atoms with Crippen LogP contribution in [0, 0.1) is 0 Å². The third kappa shape index (κ3) is 5.98. The number of benzene rings is 7. The molecule has 0 atom stereocenters. The SMILES string of the molecule is c1ccc(-c2nc3ccccn3c2-c2ccc(-n3c(-c4ccccc4)c(-c4ccccc4)c4cc5c(ccc6cc(-c7cccc(-c8ccncc8)n7)ccc65)cc43)cc2)cc1. The van der Waals surface area contributed by atoms with Crippen molar-refractivity contribution in [3.63, 3.8) is 0 Å². The van der Waals surface area contributed by atoms with Crippen LogP contribution in [-0.4, -0.2) is 23.9 Å².